The monoisotopic (exact) mass is 940 g/mol. The maximum Gasteiger partial charge on any atom is 0.472 e. The molecule has 14 nitrogen and oxygen atoms in total. The number of phosphoric ester groups is 2. The molecule has 0 saturated heterocycles. The number of carbonyl (C=O) groups is 2. The average molecular weight is 941 g/mol. The third kappa shape index (κ3) is 45.3. The molecule has 0 aromatic heterocycles. The highest BCUT2D eigenvalue weighted by molar-refractivity contribution is 7.47. The van der Waals surface area contributed by atoms with Crippen molar-refractivity contribution in [2.75, 3.05) is 26.4 Å². The first-order chi connectivity index (χ1) is 30.8. The summed E-state index contributed by atoms with van der Waals surface area (Å²) in [6.07, 6.45) is 48.4. The fourth-order valence-corrected chi connectivity index (χ4v) is 6.38. The van der Waals surface area contributed by atoms with Crippen LogP contribution in [-0.4, -0.2) is 81.6 Å². The average Bonchev–Trinajstić information content (AvgIpc) is 3.25. The summed E-state index contributed by atoms with van der Waals surface area (Å²) in [7, 11) is -9.76. The number of aliphatic hydroxyl groups is 2. The van der Waals surface area contributed by atoms with Gasteiger partial charge in [-0.25, -0.2) is 9.13 Å². The van der Waals surface area contributed by atoms with E-state index in [9.17, 15) is 33.8 Å². The third-order valence-electron chi connectivity index (χ3n) is 8.72. The lowest BCUT2D eigenvalue weighted by Gasteiger charge is -2.20. The molecule has 64 heavy (non-hydrogen) atoms. The minimum Gasteiger partial charge on any atom is -0.462 e. The standard InChI is InChI=1S/C48H78O14P2/c1-3-5-7-9-11-13-14-15-16-17-18-19-20-21-22-24-26-30-34-38-47(51)58-42-46(43-61-64(56,57)60-41-45(50)40-59-63(53,54)55)62-48(52)39-35-31-27-29-33-37-44(49)36-32-28-25-23-12-10-8-6-4-2/h11-13,15-16,18-19,21-23,26-30,32-33,37,44-46,49-50H,3-10,14,17,20,24-25,31,34-36,38-43H2,1-2H3,(H,56,57)(H2,53,54,55)/b13-11-,16-15-,19-18-,22-21-,23-12-,29-27+,30-26-,32-28-,37-33-/t44?,45-,46+/m0/s1. The van der Waals surface area contributed by atoms with Gasteiger partial charge in [-0.05, 0) is 83.5 Å². The Labute approximate surface area is 383 Å². The molecule has 0 aliphatic rings. The highest BCUT2D eigenvalue weighted by Crippen LogP contribution is 2.43. The molecule has 0 fully saturated rings. The molecule has 0 radical (unpaired) electrons. The van der Waals surface area contributed by atoms with Crippen LogP contribution in [0.25, 0.3) is 0 Å². The lowest BCUT2D eigenvalue weighted by Crippen LogP contribution is -2.29. The van der Waals surface area contributed by atoms with E-state index in [1.165, 1.54) is 38.5 Å². The number of rotatable bonds is 41. The second kappa shape index (κ2) is 42.4. The summed E-state index contributed by atoms with van der Waals surface area (Å²) in [6.45, 7) is 1.44. The molecule has 0 saturated carbocycles. The van der Waals surface area contributed by atoms with Gasteiger partial charge in [-0.15, -0.1) is 0 Å². The SMILES string of the molecule is CCCCC/C=C\C/C=C\C/C=C\C/C=C\C/C=C\CCC(=O)OC[C@H](COP(=O)(O)OC[C@@H](O)COP(=O)(O)O)OC(=O)CCC/C=C/C=C\C(O)C/C=C\C/C=C\CCCCC. The van der Waals surface area contributed by atoms with Crippen molar-refractivity contribution in [3.05, 3.63) is 109 Å². The zero-order valence-corrected chi connectivity index (χ0v) is 40.0. The fourth-order valence-electron chi connectivity index (χ4n) is 5.22. The van der Waals surface area contributed by atoms with E-state index in [4.69, 9.17) is 23.8 Å². The smallest absolute Gasteiger partial charge is 0.462 e. The predicted octanol–water partition coefficient (Wildman–Crippen LogP) is 10.9. The number of esters is 2. The van der Waals surface area contributed by atoms with Gasteiger partial charge in [0.1, 0.15) is 12.7 Å². The van der Waals surface area contributed by atoms with Crippen LogP contribution in [0, 0.1) is 0 Å². The number of ether oxygens (including phenoxy) is 2. The van der Waals surface area contributed by atoms with Crippen molar-refractivity contribution < 1.29 is 66.7 Å². The first kappa shape index (κ1) is 60.7. The summed E-state index contributed by atoms with van der Waals surface area (Å²) in [6, 6.07) is 0. The van der Waals surface area contributed by atoms with E-state index in [0.717, 1.165) is 38.5 Å². The molecule has 0 bridgehead atoms. The molecule has 0 amide bonds. The van der Waals surface area contributed by atoms with E-state index in [-0.39, 0.29) is 12.8 Å². The Balaban J connectivity index is 4.81. The Bertz CT molecular complexity index is 1560. The molecule has 0 aromatic carbocycles. The van der Waals surface area contributed by atoms with Crippen molar-refractivity contribution in [3.8, 4) is 0 Å². The predicted molar refractivity (Wildman–Crippen MR) is 254 cm³/mol. The zero-order valence-electron chi connectivity index (χ0n) is 38.2. The Hall–Kier alpha value is -3.26. The second-order valence-corrected chi connectivity index (χ2v) is 17.5. The van der Waals surface area contributed by atoms with Crippen LogP contribution in [0.3, 0.4) is 0 Å². The van der Waals surface area contributed by atoms with Gasteiger partial charge in [-0.1, -0.05) is 149 Å². The normalized spacial score (nSPS) is 15.4. The van der Waals surface area contributed by atoms with Gasteiger partial charge < -0.3 is 34.4 Å². The molecular weight excluding hydrogens is 862 g/mol. The summed E-state index contributed by atoms with van der Waals surface area (Å²) >= 11 is 0. The van der Waals surface area contributed by atoms with Crippen LogP contribution in [0.4, 0.5) is 0 Å². The molecule has 364 valence electrons. The zero-order chi connectivity index (χ0) is 47.4. The number of unbranched alkanes of at least 4 members (excludes halogenated alkanes) is 7. The molecule has 0 spiro atoms. The third-order valence-corrected chi connectivity index (χ3v) is 10.2. The van der Waals surface area contributed by atoms with Gasteiger partial charge in [-0.2, -0.15) is 0 Å². The molecule has 2 unspecified atom stereocenters. The van der Waals surface area contributed by atoms with E-state index >= 15 is 0 Å². The minimum atomic E-state index is -4.89. The van der Waals surface area contributed by atoms with Crippen molar-refractivity contribution >= 4 is 27.6 Å². The minimum absolute atomic E-state index is 0.0255. The van der Waals surface area contributed by atoms with Gasteiger partial charge in [-0.3, -0.25) is 23.2 Å². The Morgan fingerprint density at radius 3 is 1.55 bits per heavy atom. The van der Waals surface area contributed by atoms with Crippen LogP contribution >= 0.6 is 15.6 Å². The number of aliphatic hydroxyl groups excluding tert-OH is 2. The molecule has 0 heterocycles. The van der Waals surface area contributed by atoms with Crippen LogP contribution < -0.4 is 0 Å². The highest BCUT2D eigenvalue weighted by Gasteiger charge is 2.28. The molecule has 0 rings (SSSR count). The van der Waals surface area contributed by atoms with Gasteiger partial charge in [0.05, 0.1) is 25.9 Å². The molecular formula is C48H78O14P2. The summed E-state index contributed by atoms with van der Waals surface area (Å²) in [5.41, 5.74) is 0. The maximum absolute atomic E-state index is 12.7. The van der Waals surface area contributed by atoms with E-state index in [1.807, 2.05) is 36.5 Å². The summed E-state index contributed by atoms with van der Waals surface area (Å²) in [5.74, 6) is -1.27. The molecule has 5 N–H and O–H groups in total. The maximum atomic E-state index is 12.7. The highest BCUT2D eigenvalue weighted by atomic mass is 31.2. The van der Waals surface area contributed by atoms with Crippen LogP contribution in [0.2, 0.25) is 0 Å². The molecule has 0 aliphatic carbocycles. The van der Waals surface area contributed by atoms with Gasteiger partial charge in [0, 0.05) is 12.8 Å². The number of phosphoric acid groups is 2. The van der Waals surface area contributed by atoms with Gasteiger partial charge in [0.2, 0.25) is 0 Å². The van der Waals surface area contributed by atoms with Gasteiger partial charge in [0.25, 0.3) is 0 Å². The number of carbonyl (C=O) groups excluding carboxylic acids is 2. The van der Waals surface area contributed by atoms with Crippen molar-refractivity contribution in [3.63, 3.8) is 0 Å². The van der Waals surface area contributed by atoms with Crippen LogP contribution in [-0.2, 0) is 41.8 Å². The first-order valence-corrected chi connectivity index (χ1v) is 25.7. The summed E-state index contributed by atoms with van der Waals surface area (Å²) in [5, 5.41) is 19.9. The van der Waals surface area contributed by atoms with Crippen LogP contribution in [0.5, 0.6) is 0 Å². The van der Waals surface area contributed by atoms with Crippen molar-refractivity contribution in [2.45, 2.75) is 154 Å². The Morgan fingerprint density at radius 2 is 1.00 bits per heavy atom. The summed E-state index contributed by atoms with van der Waals surface area (Å²) in [4.78, 5) is 52.7. The van der Waals surface area contributed by atoms with Crippen molar-refractivity contribution in [1.82, 2.24) is 0 Å². The molecule has 16 heteroatoms. The van der Waals surface area contributed by atoms with Gasteiger partial charge >= 0.3 is 27.6 Å². The Kier molecular flexibility index (Phi) is 40.2. The molecule has 4 atom stereocenters. The van der Waals surface area contributed by atoms with Gasteiger partial charge in [0.15, 0.2) is 6.10 Å². The largest absolute Gasteiger partial charge is 0.472 e. The molecule has 0 aliphatic heterocycles. The first-order valence-electron chi connectivity index (χ1n) is 22.7. The van der Waals surface area contributed by atoms with E-state index in [2.05, 4.69) is 77.6 Å². The lowest BCUT2D eigenvalue weighted by molar-refractivity contribution is -0.161. The van der Waals surface area contributed by atoms with Crippen molar-refractivity contribution in [2.24, 2.45) is 0 Å². The van der Waals surface area contributed by atoms with E-state index in [1.54, 1.807) is 18.2 Å². The van der Waals surface area contributed by atoms with E-state index < -0.39 is 72.3 Å². The van der Waals surface area contributed by atoms with E-state index in [0.29, 0.717) is 32.1 Å². The second-order valence-electron chi connectivity index (χ2n) is 14.8. The number of allylic oxidation sites excluding steroid dienone is 16. The van der Waals surface area contributed by atoms with Crippen molar-refractivity contribution in [1.29, 1.82) is 0 Å². The summed E-state index contributed by atoms with van der Waals surface area (Å²) < 4.78 is 47.6. The fraction of sp³-hybridized carbons (Fsp3) is 0.583. The van der Waals surface area contributed by atoms with Crippen LogP contribution in [0.15, 0.2) is 109 Å². The quantitative estimate of drug-likeness (QED) is 0.0127. The Morgan fingerprint density at radius 1 is 0.516 bits per heavy atom. The molecule has 0 aromatic rings. The lowest BCUT2D eigenvalue weighted by atomic mass is 10.2. The van der Waals surface area contributed by atoms with Crippen LogP contribution in [0.1, 0.15) is 136 Å². The number of hydrogen-bond acceptors (Lipinski definition) is 11. The topological polar surface area (TPSA) is 216 Å². The number of hydrogen-bond donors (Lipinski definition) is 5.